The van der Waals surface area contributed by atoms with E-state index in [1.165, 1.54) is 0 Å². The number of hydrogen-bond acceptors (Lipinski definition) is 4. The van der Waals surface area contributed by atoms with Crippen molar-refractivity contribution >= 4 is 13.1 Å². The van der Waals surface area contributed by atoms with Crippen molar-refractivity contribution in [2.45, 2.75) is 71.4 Å². The van der Waals surface area contributed by atoms with Crippen LogP contribution in [-0.2, 0) is 18.8 Å². The van der Waals surface area contributed by atoms with Gasteiger partial charge in [-0.15, -0.1) is 0 Å². The maximum absolute atomic E-state index is 11.5. The van der Waals surface area contributed by atoms with E-state index in [0.29, 0.717) is 19.3 Å². The van der Waals surface area contributed by atoms with Crippen LogP contribution < -0.4 is 0 Å². The molecule has 5 heteroatoms. The van der Waals surface area contributed by atoms with E-state index in [2.05, 4.69) is 6.92 Å². The van der Waals surface area contributed by atoms with Crippen LogP contribution in [0.3, 0.4) is 0 Å². The Morgan fingerprint density at radius 1 is 1.17 bits per heavy atom. The van der Waals surface area contributed by atoms with Crippen LogP contribution in [-0.4, -0.2) is 30.9 Å². The van der Waals surface area contributed by atoms with Gasteiger partial charge in [-0.05, 0) is 40.4 Å². The minimum absolute atomic E-state index is 0.168. The maximum Gasteiger partial charge on any atom is 0.458 e. The molecule has 0 saturated carbocycles. The molecule has 0 unspecified atom stereocenters. The highest BCUT2D eigenvalue weighted by atomic mass is 16.7. The Balaban J connectivity index is 2.27. The Kier molecular flexibility index (Phi) is 5.23. The predicted octanol–water partition coefficient (Wildman–Crippen LogP) is 2.81. The molecule has 0 N–H and O–H groups in total. The molecule has 1 rings (SSSR count). The van der Waals surface area contributed by atoms with Crippen molar-refractivity contribution in [3.05, 3.63) is 0 Å². The van der Waals surface area contributed by atoms with E-state index in [1.807, 2.05) is 27.7 Å². The lowest BCUT2D eigenvalue weighted by Crippen LogP contribution is -2.41. The van der Waals surface area contributed by atoms with E-state index in [1.54, 1.807) is 0 Å². The average molecular weight is 256 g/mol. The summed E-state index contributed by atoms with van der Waals surface area (Å²) in [5.41, 5.74) is -0.659. The molecule has 0 aromatic heterocycles. The van der Waals surface area contributed by atoms with Gasteiger partial charge in [0.05, 0.1) is 17.8 Å². The van der Waals surface area contributed by atoms with Crippen LogP contribution in [0.4, 0.5) is 0 Å². The van der Waals surface area contributed by atoms with Crippen molar-refractivity contribution in [2.75, 3.05) is 6.61 Å². The molecule has 0 radical (unpaired) electrons. The van der Waals surface area contributed by atoms with Gasteiger partial charge in [-0.3, -0.25) is 4.79 Å². The quantitative estimate of drug-likeness (QED) is 0.416. The monoisotopic (exact) mass is 256 g/mol. The lowest BCUT2D eigenvalue weighted by molar-refractivity contribution is -0.143. The molecule has 1 saturated heterocycles. The molecular weight excluding hydrogens is 231 g/mol. The summed E-state index contributed by atoms with van der Waals surface area (Å²) in [5, 5.41) is 0. The zero-order valence-corrected chi connectivity index (χ0v) is 12.2. The predicted molar refractivity (Wildman–Crippen MR) is 71.4 cm³/mol. The number of carbonyl (C=O) groups excluding carboxylic acids is 1. The second kappa shape index (κ2) is 6.07. The number of rotatable bonds is 6. The molecule has 1 aliphatic rings. The Bertz CT molecular complexity index is 273. The Morgan fingerprint density at radius 2 is 1.72 bits per heavy atom. The first-order valence-corrected chi connectivity index (χ1v) is 6.80. The zero-order valence-electron chi connectivity index (χ0n) is 12.2. The molecule has 1 heterocycles. The number of esters is 1. The number of unbranched alkanes of at least 4 members (excludes halogenated alkanes) is 1. The van der Waals surface area contributed by atoms with Gasteiger partial charge in [-0.25, -0.2) is 0 Å². The SMILES string of the molecule is CCCCOC(=O)CCB1OC(C)(C)C(C)(C)O1. The summed E-state index contributed by atoms with van der Waals surface area (Å²) >= 11 is 0. The summed E-state index contributed by atoms with van der Waals surface area (Å²) in [5.74, 6) is -0.168. The van der Waals surface area contributed by atoms with Gasteiger partial charge in [0.2, 0.25) is 0 Å². The fourth-order valence-corrected chi connectivity index (χ4v) is 1.72. The highest BCUT2D eigenvalue weighted by molar-refractivity contribution is 6.45. The normalized spacial score (nSPS) is 21.1. The fraction of sp³-hybridized carbons (Fsp3) is 0.923. The summed E-state index contributed by atoms with van der Waals surface area (Å²) in [6.45, 7) is 10.6. The molecule has 1 fully saturated rings. The third-order valence-electron chi connectivity index (χ3n) is 3.65. The molecule has 1 aliphatic heterocycles. The largest absolute Gasteiger partial charge is 0.466 e. The van der Waals surface area contributed by atoms with Crippen molar-refractivity contribution in [1.82, 2.24) is 0 Å². The van der Waals surface area contributed by atoms with E-state index < -0.39 is 0 Å². The van der Waals surface area contributed by atoms with Gasteiger partial charge in [0.1, 0.15) is 0 Å². The standard InChI is InChI=1S/C13H25BO4/c1-6-7-10-16-11(15)8-9-14-17-12(2,3)13(4,5)18-14/h6-10H2,1-5H3. The summed E-state index contributed by atoms with van der Waals surface area (Å²) in [6.07, 6.45) is 2.85. The molecule has 0 aliphatic carbocycles. The highest BCUT2D eigenvalue weighted by Crippen LogP contribution is 2.37. The van der Waals surface area contributed by atoms with Crippen molar-refractivity contribution in [2.24, 2.45) is 0 Å². The first kappa shape index (κ1) is 15.5. The molecule has 4 nitrogen and oxygen atoms in total. The van der Waals surface area contributed by atoms with Gasteiger partial charge in [-0.2, -0.15) is 0 Å². The number of carbonyl (C=O) groups is 1. The average Bonchev–Trinajstić information content (AvgIpc) is 2.45. The Morgan fingerprint density at radius 3 is 2.22 bits per heavy atom. The molecule has 0 aromatic carbocycles. The van der Waals surface area contributed by atoms with Crippen LogP contribution >= 0.6 is 0 Å². The fourth-order valence-electron chi connectivity index (χ4n) is 1.72. The summed E-state index contributed by atoms with van der Waals surface area (Å²) < 4.78 is 16.7. The highest BCUT2D eigenvalue weighted by Gasteiger charge is 2.50. The third kappa shape index (κ3) is 3.99. The van der Waals surface area contributed by atoms with Crippen LogP contribution in [0.1, 0.15) is 53.9 Å². The molecule has 0 aromatic rings. The van der Waals surface area contributed by atoms with Crippen molar-refractivity contribution in [3.63, 3.8) is 0 Å². The van der Waals surface area contributed by atoms with Gasteiger partial charge >= 0.3 is 13.1 Å². The summed E-state index contributed by atoms with van der Waals surface area (Å²) in [4.78, 5) is 11.5. The minimum Gasteiger partial charge on any atom is -0.466 e. The minimum atomic E-state index is -0.330. The summed E-state index contributed by atoms with van der Waals surface area (Å²) in [6, 6.07) is 0. The molecule has 0 atom stereocenters. The van der Waals surface area contributed by atoms with Crippen molar-refractivity contribution in [1.29, 1.82) is 0 Å². The Hall–Kier alpha value is -0.545. The second-order valence-electron chi connectivity index (χ2n) is 5.80. The van der Waals surface area contributed by atoms with Gasteiger partial charge < -0.3 is 14.0 Å². The van der Waals surface area contributed by atoms with E-state index in [4.69, 9.17) is 14.0 Å². The zero-order chi connectivity index (χ0) is 13.8. The van der Waals surface area contributed by atoms with Gasteiger partial charge in [0, 0.05) is 6.42 Å². The topological polar surface area (TPSA) is 44.8 Å². The van der Waals surface area contributed by atoms with Gasteiger partial charge in [0.15, 0.2) is 0 Å². The second-order valence-corrected chi connectivity index (χ2v) is 5.80. The van der Waals surface area contributed by atoms with E-state index >= 15 is 0 Å². The van der Waals surface area contributed by atoms with Crippen molar-refractivity contribution < 1.29 is 18.8 Å². The maximum atomic E-state index is 11.5. The molecule has 0 amide bonds. The molecule has 104 valence electrons. The van der Waals surface area contributed by atoms with Crippen LogP contribution in [0.15, 0.2) is 0 Å². The number of hydrogen-bond donors (Lipinski definition) is 0. The molecular formula is C13H25BO4. The number of ether oxygens (including phenoxy) is 1. The molecule has 18 heavy (non-hydrogen) atoms. The van der Waals surface area contributed by atoms with Crippen molar-refractivity contribution in [3.8, 4) is 0 Å². The van der Waals surface area contributed by atoms with Crippen LogP contribution in [0.2, 0.25) is 6.32 Å². The lowest BCUT2D eigenvalue weighted by atomic mass is 9.83. The van der Waals surface area contributed by atoms with E-state index in [9.17, 15) is 4.79 Å². The van der Waals surface area contributed by atoms with E-state index in [-0.39, 0.29) is 24.3 Å². The molecule has 0 bridgehead atoms. The van der Waals surface area contributed by atoms with Crippen LogP contribution in [0.25, 0.3) is 0 Å². The van der Waals surface area contributed by atoms with E-state index in [0.717, 1.165) is 12.8 Å². The van der Waals surface area contributed by atoms with Crippen LogP contribution in [0, 0.1) is 0 Å². The van der Waals surface area contributed by atoms with Gasteiger partial charge in [-0.1, -0.05) is 13.3 Å². The lowest BCUT2D eigenvalue weighted by Gasteiger charge is -2.32. The van der Waals surface area contributed by atoms with Gasteiger partial charge in [0.25, 0.3) is 0 Å². The smallest absolute Gasteiger partial charge is 0.458 e. The summed E-state index contributed by atoms with van der Waals surface area (Å²) in [7, 11) is -0.311. The first-order valence-electron chi connectivity index (χ1n) is 6.80. The first-order chi connectivity index (χ1) is 8.28. The molecule has 0 spiro atoms. The Labute approximate surface area is 111 Å². The third-order valence-corrected chi connectivity index (χ3v) is 3.65. The van der Waals surface area contributed by atoms with Crippen LogP contribution in [0.5, 0.6) is 0 Å².